The van der Waals surface area contributed by atoms with E-state index >= 15 is 0 Å². The molecule has 1 heterocycles. The average molecular weight is 663 g/mol. The van der Waals surface area contributed by atoms with Crippen LogP contribution < -0.4 is 28.4 Å². The molecule has 0 saturated heterocycles. The summed E-state index contributed by atoms with van der Waals surface area (Å²) in [6.07, 6.45) is -7.30. The molecule has 1 unspecified atom stereocenters. The molecule has 4 aromatic carbocycles. The molecule has 0 aromatic heterocycles. The van der Waals surface area contributed by atoms with Crippen LogP contribution in [0.2, 0.25) is 5.02 Å². The van der Waals surface area contributed by atoms with Crippen LogP contribution in [0.4, 0.5) is 23.7 Å². The first kappa shape index (κ1) is 31.5. The van der Waals surface area contributed by atoms with Crippen LogP contribution >= 0.6 is 11.6 Å². The van der Waals surface area contributed by atoms with Gasteiger partial charge in [0, 0.05) is 27.8 Å². The first-order valence-corrected chi connectivity index (χ1v) is 14.5. The monoisotopic (exact) mass is 662 g/mol. The Morgan fingerprint density at radius 1 is 0.844 bits per heavy atom. The first-order valence-electron chi connectivity index (χ1n) is 12.7. The minimum absolute atomic E-state index is 0.0280. The molecular formula is C30H20ClF3NO9S-. The van der Waals surface area contributed by atoms with E-state index in [2.05, 4.69) is 4.74 Å². The van der Waals surface area contributed by atoms with Crippen LogP contribution in [0.15, 0.2) is 89.8 Å². The fourth-order valence-corrected chi connectivity index (χ4v) is 7.08. The number of hydrogen-bond donors (Lipinski definition) is 0. The van der Waals surface area contributed by atoms with Crippen LogP contribution in [0.3, 0.4) is 0 Å². The molecule has 234 valence electrons. The third kappa shape index (κ3) is 5.36. The van der Waals surface area contributed by atoms with Gasteiger partial charge in [-0.1, -0.05) is 48.0 Å². The molecular weight excluding hydrogens is 643 g/mol. The van der Waals surface area contributed by atoms with Crippen molar-refractivity contribution in [2.24, 2.45) is 0 Å². The minimum Gasteiger partial charge on any atom is -0.514 e. The summed E-state index contributed by atoms with van der Waals surface area (Å²) in [5, 5.41) is 11.6. The number of anilines is 1. The third-order valence-corrected chi connectivity index (χ3v) is 8.95. The average Bonchev–Trinajstić information content (AvgIpc) is 3.24. The second-order valence-electron chi connectivity index (χ2n) is 9.40. The number of methoxy groups -OCH3 is 2. The lowest BCUT2D eigenvalue weighted by molar-refractivity contribution is -0.275. The number of carbonyl (C=O) groups excluding carboxylic acids is 2. The van der Waals surface area contributed by atoms with Gasteiger partial charge in [-0.15, -0.1) is 13.2 Å². The van der Waals surface area contributed by atoms with Gasteiger partial charge in [0.05, 0.1) is 25.7 Å². The van der Waals surface area contributed by atoms with Crippen LogP contribution in [0, 0.1) is 0 Å². The van der Waals surface area contributed by atoms with Gasteiger partial charge in [-0.2, -0.15) is 0 Å². The number of ether oxygens (including phenoxy) is 4. The molecule has 45 heavy (non-hydrogen) atoms. The van der Waals surface area contributed by atoms with Crippen molar-refractivity contribution in [2.45, 2.75) is 16.7 Å². The number of carboxylic acid groups (broad SMARTS) is 1. The lowest BCUT2D eigenvalue weighted by atomic mass is 9.69. The number of halogens is 4. The van der Waals surface area contributed by atoms with Gasteiger partial charge in [0.2, 0.25) is 0 Å². The van der Waals surface area contributed by atoms with Crippen molar-refractivity contribution < 1.29 is 55.2 Å². The van der Waals surface area contributed by atoms with E-state index in [-0.39, 0.29) is 33.3 Å². The quantitative estimate of drug-likeness (QED) is 0.188. The van der Waals surface area contributed by atoms with Gasteiger partial charge in [0.25, 0.3) is 22.1 Å². The van der Waals surface area contributed by atoms with Crippen molar-refractivity contribution >= 4 is 39.4 Å². The molecule has 10 nitrogen and oxygen atoms in total. The van der Waals surface area contributed by atoms with Crippen LogP contribution in [-0.4, -0.2) is 41.1 Å². The van der Waals surface area contributed by atoms with Gasteiger partial charge >= 0.3 is 6.36 Å². The molecule has 0 spiro atoms. The standard InChI is InChI=1S/C30H21ClF3NO9S/c1-41-18-12-14-26(25(16-18)42-2)45(39,40)35-22-13-11-17(31)15-21(22)29(27(35)36,19-7-3-5-9-23(19)43-28(37)38)20-8-4-6-10-24(20)44-30(32,33)34/h3-16H,1-2H3,(H,37,38)/p-1. The highest BCUT2D eigenvalue weighted by molar-refractivity contribution is 7.93. The second-order valence-corrected chi connectivity index (χ2v) is 11.6. The Balaban J connectivity index is 1.92. The summed E-state index contributed by atoms with van der Waals surface area (Å²) in [5.41, 5.74) is -3.90. The number of hydrogen-bond acceptors (Lipinski definition) is 9. The van der Waals surface area contributed by atoms with Crippen LogP contribution in [-0.2, 0) is 20.2 Å². The minimum atomic E-state index is -5.25. The van der Waals surface area contributed by atoms with Crippen LogP contribution in [0.5, 0.6) is 23.0 Å². The van der Waals surface area contributed by atoms with E-state index in [9.17, 15) is 36.3 Å². The number of para-hydroxylation sites is 2. The molecule has 5 rings (SSSR count). The molecule has 1 aliphatic rings. The van der Waals surface area contributed by atoms with Gasteiger partial charge < -0.3 is 28.8 Å². The van der Waals surface area contributed by atoms with Crippen molar-refractivity contribution in [3.63, 3.8) is 0 Å². The molecule has 0 saturated carbocycles. The highest BCUT2D eigenvalue weighted by Crippen LogP contribution is 2.57. The van der Waals surface area contributed by atoms with Gasteiger partial charge in [0.1, 0.15) is 27.6 Å². The predicted octanol–water partition coefficient (Wildman–Crippen LogP) is 5.05. The maximum absolute atomic E-state index is 15.0. The number of nitrogens with zero attached hydrogens (tertiary/aromatic N) is 1. The highest BCUT2D eigenvalue weighted by atomic mass is 35.5. The number of rotatable bonds is 8. The molecule has 0 radical (unpaired) electrons. The molecule has 0 aliphatic carbocycles. The van der Waals surface area contributed by atoms with Gasteiger partial charge in [-0.05, 0) is 42.5 Å². The lowest BCUT2D eigenvalue weighted by Crippen LogP contribution is -2.45. The van der Waals surface area contributed by atoms with Crippen molar-refractivity contribution in [1.82, 2.24) is 0 Å². The third-order valence-electron chi connectivity index (χ3n) is 6.98. The summed E-state index contributed by atoms with van der Waals surface area (Å²) < 4.78 is 89.9. The Labute approximate surface area is 259 Å². The van der Waals surface area contributed by atoms with Crippen molar-refractivity contribution in [2.75, 3.05) is 18.5 Å². The van der Waals surface area contributed by atoms with Crippen LogP contribution in [0.25, 0.3) is 0 Å². The number of carbonyl (C=O) groups is 2. The summed E-state index contributed by atoms with van der Waals surface area (Å²) >= 11 is 6.34. The molecule has 1 atom stereocenters. The van der Waals surface area contributed by atoms with Crippen molar-refractivity contribution in [1.29, 1.82) is 0 Å². The SMILES string of the molecule is COc1ccc(S(=O)(=O)N2C(=O)C(c3ccccc3OC(=O)[O-])(c3ccccc3OC(F)(F)F)c3cc(Cl)ccc32)c(OC)c1. The van der Waals surface area contributed by atoms with Gasteiger partial charge in [-0.25, -0.2) is 12.7 Å². The zero-order chi connectivity index (χ0) is 32.7. The summed E-state index contributed by atoms with van der Waals surface area (Å²) in [6, 6.07) is 16.9. The Morgan fingerprint density at radius 3 is 2.07 bits per heavy atom. The van der Waals surface area contributed by atoms with Crippen molar-refractivity contribution in [3.8, 4) is 23.0 Å². The Kier molecular flexibility index (Phi) is 8.06. The number of alkyl halides is 3. The maximum Gasteiger partial charge on any atom is 0.573 e. The summed E-state index contributed by atoms with van der Waals surface area (Å²) in [4.78, 5) is 26.1. The van der Waals surface area contributed by atoms with E-state index in [1.807, 2.05) is 0 Å². The Bertz CT molecular complexity index is 1930. The summed E-state index contributed by atoms with van der Waals surface area (Å²) in [7, 11) is -2.39. The molecule has 0 fully saturated rings. The topological polar surface area (TPSA) is 132 Å². The van der Waals surface area contributed by atoms with Crippen LogP contribution in [0.1, 0.15) is 16.7 Å². The number of benzene rings is 4. The van der Waals surface area contributed by atoms with Gasteiger partial charge in [0.15, 0.2) is 0 Å². The van der Waals surface area contributed by atoms with E-state index in [0.29, 0.717) is 4.31 Å². The van der Waals surface area contributed by atoms with E-state index in [1.165, 1.54) is 74.9 Å². The molecule has 0 bridgehead atoms. The first-order chi connectivity index (χ1) is 21.2. The van der Waals surface area contributed by atoms with E-state index in [4.69, 9.17) is 25.8 Å². The molecule has 1 amide bonds. The highest BCUT2D eigenvalue weighted by Gasteiger charge is 2.59. The zero-order valence-corrected chi connectivity index (χ0v) is 24.7. The molecule has 15 heteroatoms. The maximum atomic E-state index is 15.0. The normalized spacial score (nSPS) is 16.2. The fourth-order valence-electron chi connectivity index (χ4n) is 5.30. The predicted molar refractivity (Wildman–Crippen MR) is 151 cm³/mol. The lowest BCUT2D eigenvalue weighted by Gasteiger charge is -2.33. The van der Waals surface area contributed by atoms with E-state index in [1.54, 1.807) is 0 Å². The number of fused-ring (bicyclic) bond motifs is 1. The zero-order valence-electron chi connectivity index (χ0n) is 23.1. The second kappa shape index (κ2) is 11.5. The van der Waals surface area contributed by atoms with E-state index in [0.717, 1.165) is 24.3 Å². The van der Waals surface area contributed by atoms with E-state index < -0.39 is 55.8 Å². The Hall–Kier alpha value is -4.95. The number of sulfonamides is 1. The Morgan fingerprint density at radius 2 is 1.47 bits per heavy atom. The van der Waals surface area contributed by atoms with Gasteiger partial charge in [-0.3, -0.25) is 4.79 Å². The fraction of sp³-hybridized carbons (Fsp3) is 0.133. The smallest absolute Gasteiger partial charge is 0.514 e. The molecule has 0 N–H and O–H groups in total. The molecule has 1 aliphatic heterocycles. The summed E-state index contributed by atoms with van der Waals surface area (Å²) in [6.45, 7) is 0. The number of amides is 1. The summed E-state index contributed by atoms with van der Waals surface area (Å²) in [5.74, 6) is -2.72. The van der Waals surface area contributed by atoms with Crippen molar-refractivity contribution in [3.05, 3.63) is 107 Å². The molecule has 4 aromatic rings. The largest absolute Gasteiger partial charge is 0.573 e.